The summed E-state index contributed by atoms with van der Waals surface area (Å²) in [7, 11) is 1.60. The van der Waals surface area contributed by atoms with Gasteiger partial charge in [-0.2, -0.15) is 0 Å². The van der Waals surface area contributed by atoms with Gasteiger partial charge in [-0.05, 0) is 42.0 Å². The molecule has 4 nitrogen and oxygen atoms in total. The van der Waals surface area contributed by atoms with Gasteiger partial charge in [-0.15, -0.1) is 13.2 Å². The minimum atomic E-state index is -4.72. The minimum Gasteiger partial charge on any atom is -0.497 e. The molecule has 0 aliphatic carbocycles. The van der Waals surface area contributed by atoms with E-state index < -0.39 is 6.36 Å². The average Bonchev–Trinajstić information content (AvgIpc) is 3.06. The maximum atomic E-state index is 12.4. The molecular formula is C22H17F3N2O2. The summed E-state index contributed by atoms with van der Waals surface area (Å²) in [6, 6.07) is 21.2. The summed E-state index contributed by atoms with van der Waals surface area (Å²) in [6.07, 6.45) is -4.72. The molecule has 0 spiro atoms. The molecule has 29 heavy (non-hydrogen) atoms. The highest BCUT2D eigenvalue weighted by Crippen LogP contribution is 2.30. The zero-order valence-corrected chi connectivity index (χ0v) is 15.5. The summed E-state index contributed by atoms with van der Waals surface area (Å²) in [5, 5.41) is 0. The summed E-state index contributed by atoms with van der Waals surface area (Å²) in [4.78, 5) is 4.70. The molecule has 0 amide bonds. The van der Waals surface area contributed by atoms with Crippen molar-refractivity contribution in [1.82, 2.24) is 9.55 Å². The Morgan fingerprint density at radius 2 is 1.59 bits per heavy atom. The molecule has 0 aliphatic rings. The molecule has 0 N–H and O–H groups in total. The molecule has 0 saturated carbocycles. The van der Waals surface area contributed by atoms with E-state index in [-0.39, 0.29) is 5.75 Å². The smallest absolute Gasteiger partial charge is 0.497 e. The second kappa shape index (κ2) is 7.50. The molecule has 1 heterocycles. The lowest BCUT2D eigenvalue weighted by Crippen LogP contribution is -2.16. The fourth-order valence-corrected chi connectivity index (χ4v) is 3.18. The number of hydrogen-bond acceptors (Lipinski definition) is 3. The van der Waals surface area contributed by atoms with Crippen LogP contribution in [0.15, 0.2) is 72.8 Å². The summed E-state index contributed by atoms with van der Waals surface area (Å²) in [5.74, 6) is 1.08. The molecule has 0 saturated heterocycles. The van der Waals surface area contributed by atoms with E-state index in [1.54, 1.807) is 19.2 Å². The van der Waals surface area contributed by atoms with E-state index in [1.165, 1.54) is 12.1 Å². The van der Waals surface area contributed by atoms with Crippen LogP contribution >= 0.6 is 0 Å². The number of aromatic nitrogens is 2. The normalized spacial score (nSPS) is 11.6. The van der Waals surface area contributed by atoms with E-state index in [0.29, 0.717) is 23.7 Å². The number of methoxy groups -OCH3 is 1. The van der Waals surface area contributed by atoms with E-state index in [4.69, 9.17) is 9.72 Å². The van der Waals surface area contributed by atoms with Crippen molar-refractivity contribution in [2.24, 2.45) is 0 Å². The topological polar surface area (TPSA) is 36.3 Å². The lowest BCUT2D eigenvalue weighted by Gasteiger charge is -2.12. The fraction of sp³-hybridized carbons (Fsp3) is 0.136. The van der Waals surface area contributed by atoms with Gasteiger partial charge in [-0.1, -0.05) is 30.3 Å². The van der Waals surface area contributed by atoms with E-state index in [9.17, 15) is 13.2 Å². The lowest BCUT2D eigenvalue weighted by atomic mass is 10.2. The van der Waals surface area contributed by atoms with Crippen LogP contribution in [0.1, 0.15) is 5.56 Å². The van der Waals surface area contributed by atoms with Crippen molar-refractivity contribution in [3.05, 3.63) is 78.4 Å². The van der Waals surface area contributed by atoms with Gasteiger partial charge in [-0.25, -0.2) is 4.98 Å². The second-order valence-electron chi connectivity index (χ2n) is 6.43. The standard InChI is InChI=1S/C22H17F3N2O2/c1-28-18-11-12-19-20(13-18)27(14-15-5-3-2-4-6-15)21(26-19)16-7-9-17(10-8-16)29-22(23,24)25/h2-13H,14H2,1H3. The Morgan fingerprint density at radius 1 is 0.897 bits per heavy atom. The first-order valence-electron chi connectivity index (χ1n) is 8.87. The number of hydrogen-bond donors (Lipinski definition) is 0. The minimum absolute atomic E-state index is 0.270. The molecule has 0 atom stereocenters. The molecule has 3 aromatic carbocycles. The van der Waals surface area contributed by atoms with Gasteiger partial charge in [-0.3, -0.25) is 0 Å². The van der Waals surface area contributed by atoms with Crippen LogP contribution in [0.4, 0.5) is 13.2 Å². The Balaban J connectivity index is 1.79. The first-order valence-corrected chi connectivity index (χ1v) is 8.87. The Hall–Kier alpha value is -3.48. The number of benzene rings is 3. The predicted molar refractivity (Wildman–Crippen MR) is 104 cm³/mol. The zero-order chi connectivity index (χ0) is 20.4. The van der Waals surface area contributed by atoms with Crippen LogP contribution in [-0.2, 0) is 6.54 Å². The number of halogens is 3. The maximum Gasteiger partial charge on any atom is 0.573 e. The fourth-order valence-electron chi connectivity index (χ4n) is 3.18. The number of fused-ring (bicyclic) bond motifs is 1. The molecule has 0 radical (unpaired) electrons. The molecule has 0 aliphatic heterocycles. The first kappa shape index (κ1) is 18.9. The van der Waals surface area contributed by atoms with Gasteiger partial charge in [0.25, 0.3) is 0 Å². The van der Waals surface area contributed by atoms with E-state index in [0.717, 1.165) is 16.6 Å². The van der Waals surface area contributed by atoms with Crippen LogP contribution in [0.25, 0.3) is 22.4 Å². The highest BCUT2D eigenvalue weighted by atomic mass is 19.4. The van der Waals surface area contributed by atoms with Crippen molar-refractivity contribution in [3.8, 4) is 22.9 Å². The Kier molecular flexibility index (Phi) is 4.88. The van der Waals surface area contributed by atoms with Crippen LogP contribution in [0.3, 0.4) is 0 Å². The van der Waals surface area contributed by atoms with Crippen LogP contribution in [-0.4, -0.2) is 23.0 Å². The van der Waals surface area contributed by atoms with Crippen molar-refractivity contribution in [2.45, 2.75) is 12.9 Å². The molecule has 0 unspecified atom stereocenters. The third-order valence-corrected chi connectivity index (χ3v) is 4.49. The first-order chi connectivity index (χ1) is 13.9. The summed E-state index contributed by atoms with van der Waals surface area (Å²) in [5.41, 5.74) is 3.41. The van der Waals surface area contributed by atoms with Crippen LogP contribution in [0, 0.1) is 0 Å². The van der Waals surface area contributed by atoms with Gasteiger partial charge >= 0.3 is 6.36 Å². The Labute approximate surface area is 165 Å². The molecule has 148 valence electrons. The second-order valence-corrected chi connectivity index (χ2v) is 6.43. The maximum absolute atomic E-state index is 12.4. The summed E-state index contributed by atoms with van der Waals surface area (Å²) in [6.45, 7) is 0.556. The molecule has 0 fully saturated rings. The molecule has 0 bridgehead atoms. The lowest BCUT2D eigenvalue weighted by molar-refractivity contribution is -0.274. The number of alkyl halides is 3. The van der Waals surface area contributed by atoms with Gasteiger partial charge in [0, 0.05) is 18.2 Å². The van der Waals surface area contributed by atoms with Gasteiger partial charge in [0.05, 0.1) is 18.1 Å². The molecular weight excluding hydrogens is 381 g/mol. The number of ether oxygens (including phenoxy) is 2. The number of rotatable bonds is 5. The van der Waals surface area contributed by atoms with Crippen molar-refractivity contribution < 1.29 is 22.6 Å². The number of nitrogens with zero attached hydrogens (tertiary/aromatic N) is 2. The van der Waals surface area contributed by atoms with Crippen molar-refractivity contribution in [1.29, 1.82) is 0 Å². The van der Waals surface area contributed by atoms with E-state index in [2.05, 4.69) is 4.74 Å². The van der Waals surface area contributed by atoms with E-state index in [1.807, 2.05) is 53.1 Å². The number of imidazole rings is 1. The van der Waals surface area contributed by atoms with Gasteiger partial charge in [0.2, 0.25) is 0 Å². The third-order valence-electron chi connectivity index (χ3n) is 4.49. The summed E-state index contributed by atoms with van der Waals surface area (Å²) < 4.78 is 48.6. The molecule has 4 rings (SSSR count). The highest BCUT2D eigenvalue weighted by Gasteiger charge is 2.31. The Bertz CT molecular complexity index is 1120. The van der Waals surface area contributed by atoms with Crippen LogP contribution in [0.5, 0.6) is 11.5 Å². The summed E-state index contributed by atoms with van der Waals surface area (Å²) >= 11 is 0. The average molecular weight is 398 g/mol. The van der Waals surface area contributed by atoms with Crippen LogP contribution in [0.2, 0.25) is 0 Å². The molecule has 4 aromatic rings. The Morgan fingerprint density at radius 3 is 2.24 bits per heavy atom. The van der Waals surface area contributed by atoms with Crippen molar-refractivity contribution >= 4 is 11.0 Å². The molecule has 1 aromatic heterocycles. The monoisotopic (exact) mass is 398 g/mol. The quantitative estimate of drug-likeness (QED) is 0.435. The largest absolute Gasteiger partial charge is 0.573 e. The molecule has 7 heteroatoms. The third kappa shape index (κ3) is 4.18. The van der Waals surface area contributed by atoms with Crippen LogP contribution < -0.4 is 9.47 Å². The van der Waals surface area contributed by atoms with Gasteiger partial charge in [0.1, 0.15) is 17.3 Å². The predicted octanol–water partition coefficient (Wildman–Crippen LogP) is 5.66. The van der Waals surface area contributed by atoms with Crippen molar-refractivity contribution in [2.75, 3.05) is 7.11 Å². The van der Waals surface area contributed by atoms with Gasteiger partial charge in [0.15, 0.2) is 0 Å². The SMILES string of the molecule is COc1ccc2nc(-c3ccc(OC(F)(F)F)cc3)n(Cc3ccccc3)c2c1. The van der Waals surface area contributed by atoms with E-state index >= 15 is 0 Å². The van der Waals surface area contributed by atoms with Gasteiger partial charge < -0.3 is 14.0 Å². The zero-order valence-electron chi connectivity index (χ0n) is 15.5. The highest BCUT2D eigenvalue weighted by molar-refractivity contribution is 5.82. The van der Waals surface area contributed by atoms with Crippen molar-refractivity contribution in [3.63, 3.8) is 0 Å².